The van der Waals surface area contributed by atoms with E-state index in [-0.39, 0.29) is 13.0 Å². The summed E-state index contributed by atoms with van der Waals surface area (Å²) < 4.78 is 0. The summed E-state index contributed by atoms with van der Waals surface area (Å²) in [6, 6.07) is -2.46. The standard InChI is InChI=1S/C13H19N3O7/c1-6(13(22)23)16-3-2-7(12(16)21)11(20)8(4-10(18)19)15-9(17)5-14/h6-8H,2-5,14H2,1H3,(H,15,17)(H,18,19)(H,22,23)/t6-,7+,8-/m0/s1. The number of nitrogens with zero attached hydrogens (tertiary/aromatic N) is 1. The topological polar surface area (TPSA) is 167 Å². The fraction of sp³-hybridized carbons (Fsp3) is 0.615. The minimum atomic E-state index is -1.38. The molecule has 0 unspecified atom stereocenters. The molecule has 10 nitrogen and oxygen atoms in total. The molecule has 1 aliphatic rings. The first-order valence-corrected chi connectivity index (χ1v) is 6.97. The van der Waals surface area contributed by atoms with E-state index in [0.29, 0.717) is 0 Å². The summed E-state index contributed by atoms with van der Waals surface area (Å²) in [5.74, 6) is -5.83. The molecule has 1 rings (SSSR count). The molecule has 23 heavy (non-hydrogen) atoms. The summed E-state index contributed by atoms with van der Waals surface area (Å²) in [5, 5.41) is 19.9. The zero-order valence-corrected chi connectivity index (χ0v) is 12.5. The van der Waals surface area contributed by atoms with Gasteiger partial charge in [0.25, 0.3) is 0 Å². The van der Waals surface area contributed by atoms with E-state index in [1.54, 1.807) is 0 Å². The second kappa shape index (κ2) is 7.68. The van der Waals surface area contributed by atoms with Crippen LogP contribution < -0.4 is 11.1 Å². The molecule has 3 atom stereocenters. The Morgan fingerprint density at radius 1 is 1.35 bits per heavy atom. The van der Waals surface area contributed by atoms with Crippen LogP contribution in [0.2, 0.25) is 0 Å². The van der Waals surface area contributed by atoms with E-state index in [0.717, 1.165) is 4.90 Å². The summed E-state index contributed by atoms with van der Waals surface area (Å²) in [7, 11) is 0. The molecule has 1 heterocycles. The van der Waals surface area contributed by atoms with Gasteiger partial charge >= 0.3 is 11.9 Å². The van der Waals surface area contributed by atoms with Crippen molar-refractivity contribution in [2.24, 2.45) is 11.7 Å². The molecule has 1 aliphatic heterocycles. The summed E-state index contributed by atoms with van der Waals surface area (Å²) in [4.78, 5) is 58.7. The molecule has 128 valence electrons. The molecule has 0 bridgehead atoms. The number of Topliss-reactive ketones (excluding diaryl/α,β-unsaturated/α-hetero) is 1. The molecule has 0 aromatic heterocycles. The number of carboxylic acid groups (broad SMARTS) is 2. The molecule has 5 N–H and O–H groups in total. The van der Waals surface area contributed by atoms with Crippen molar-refractivity contribution in [2.75, 3.05) is 13.1 Å². The van der Waals surface area contributed by atoms with Gasteiger partial charge in [-0.3, -0.25) is 19.2 Å². The van der Waals surface area contributed by atoms with Gasteiger partial charge in [-0.15, -0.1) is 0 Å². The normalized spacial score (nSPS) is 20.0. The van der Waals surface area contributed by atoms with Crippen molar-refractivity contribution in [2.45, 2.75) is 31.8 Å². The Balaban J connectivity index is 2.88. The first-order valence-electron chi connectivity index (χ1n) is 6.97. The van der Waals surface area contributed by atoms with E-state index in [2.05, 4.69) is 5.32 Å². The zero-order chi connectivity index (χ0) is 17.7. The van der Waals surface area contributed by atoms with Crippen molar-refractivity contribution in [3.05, 3.63) is 0 Å². The summed E-state index contributed by atoms with van der Waals surface area (Å²) in [6.07, 6.45) is -0.604. The molecule has 1 fully saturated rings. The summed E-state index contributed by atoms with van der Waals surface area (Å²) in [5.41, 5.74) is 5.12. The Morgan fingerprint density at radius 2 is 1.96 bits per heavy atom. The number of nitrogens with one attached hydrogen (secondary N) is 1. The molecule has 2 amide bonds. The van der Waals surface area contributed by atoms with Crippen LogP contribution in [0.15, 0.2) is 0 Å². The van der Waals surface area contributed by atoms with Gasteiger partial charge in [-0.05, 0) is 13.3 Å². The Bertz CT molecular complexity index is 534. The summed E-state index contributed by atoms with van der Waals surface area (Å²) >= 11 is 0. The fourth-order valence-electron chi connectivity index (χ4n) is 2.38. The van der Waals surface area contributed by atoms with Gasteiger partial charge in [-0.25, -0.2) is 4.79 Å². The number of carbonyl (C=O) groups excluding carboxylic acids is 3. The van der Waals surface area contributed by atoms with Gasteiger partial charge < -0.3 is 26.2 Å². The van der Waals surface area contributed by atoms with Gasteiger partial charge in [0.2, 0.25) is 11.8 Å². The van der Waals surface area contributed by atoms with Crippen molar-refractivity contribution in [3.63, 3.8) is 0 Å². The highest BCUT2D eigenvalue weighted by Crippen LogP contribution is 2.23. The third kappa shape index (κ3) is 4.49. The van der Waals surface area contributed by atoms with E-state index in [9.17, 15) is 24.0 Å². The van der Waals surface area contributed by atoms with Gasteiger partial charge in [0.15, 0.2) is 5.78 Å². The van der Waals surface area contributed by atoms with Crippen molar-refractivity contribution >= 4 is 29.5 Å². The highest BCUT2D eigenvalue weighted by Gasteiger charge is 2.43. The van der Waals surface area contributed by atoms with Crippen molar-refractivity contribution < 1.29 is 34.2 Å². The number of carbonyl (C=O) groups is 5. The van der Waals surface area contributed by atoms with Gasteiger partial charge in [-0.2, -0.15) is 0 Å². The maximum Gasteiger partial charge on any atom is 0.326 e. The molecular formula is C13H19N3O7. The Labute approximate surface area is 131 Å². The Kier molecular flexibility index (Phi) is 6.19. The smallest absolute Gasteiger partial charge is 0.326 e. The highest BCUT2D eigenvalue weighted by atomic mass is 16.4. The second-order valence-electron chi connectivity index (χ2n) is 5.21. The van der Waals surface area contributed by atoms with Crippen LogP contribution in [0.4, 0.5) is 0 Å². The predicted octanol–water partition coefficient (Wildman–Crippen LogP) is -2.20. The third-order valence-corrected chi connectivity index (χ3v) is 3.65. The van der Waals surface area contributed by atoms with E-state index < -0.39 is 60.5 Å². The minimum Gasteiger partial charge on any atom is -0.481 e. The van der Waals surface area contributed by atoms with Gasteiger partial charge in [-0.1, -0.05) is 0 Å². The number of aliphatic carboxylic acids is 2. The molecule has 0 spiro atoms. The number of hydrogen-bond acceptors (Lipinski definition) is 6. The average Bonchev–Trinajstić information content (AvgIpc) is 2.85. The SMILES string of the molecule is C[C@@H](C(=O)O)N1CC[C@H](C(=O)[C@H](CC(=O)O)NC(=O)CN)C1=O. The minimum absolute atomic E-state index is 0.0733. The maximum absolute atomic E-state index is 12.4. The van der Waals surface area contributed by atoms with Crippen LogP contribution in [0.1, 0.15) is 19.8 Å². The van der Waals surface area contributed by atoms with Crippen LogP contribution in [0, 0.1) is 5.92 Å². The number of hydrogen-bond donors (Lipinski definition) is 4. The van der Waals surface area contributed by atoms with E-state index >= 15 is 0 Å². The van der Waals surface area contributed by atoms with Crippen LogP contribution in [0.5, 0.6) is 0 Å². The zero-order valence-electron chi connectivity index (χ0n) is 12.5. The molecule has 10 heteroatoms. The maximum atomic E-state index is 12.4. The Morgan fingerprint density at radius 3 is 2.43 bits per heavy atom. The molecule has 0 aromatic carbocycles. The number of rotatable bonds is 8. The first-order chi connectivity index (χ1) is 10.7. The van der Waals surface area contributed by atoms with Crippen molar-refractivity contribution in [1.82, 2.24) is 10.2 Å². The van der Waals surface area contributed by atoms with E-state index in [4.69, 9.17) is 15.9 Å². The number of carboxylic acids is 2. The molecule has 0 aromatic rings. The number of amides is 2. The first kappa shape index (κ1) is 18.6. The van der Waals surface area contributed by atoms with Gasteiger partial charge in [0.05, 0.1) is 19.0 Å². The van der Waals surface area contributed by atoms with Crippen molar-refractivity contribution in [3.8, 4) is 0 Å². The number of ketones is 1. The molecule has 0 saturated carbocycles. The lowest BCUT2D eigenvalue weighted by molar-refractivity contribution is -0.150. The fourth-order valence-corrected chi connectivity index (χ4v) is 2.38. The van der Waals surface area contributed by atoms with Crippen LogP contribution in [-0.4, -0.2) is 69.8 Å². The second-order valence-corrected chi connectivity index (χ2v) is 5.21. The highest BCUT2D eigenvalue weighted by molar-refractivity contribution is 6.07. The third-order valence-electron chi connectivity index (χ3n) is 3.65. The average molecular weight is 329 g/mol. The van der Waals surface area contributed by atoms with Crippen LogP contribution in [0.25, 0.3) is 0 Å². The lowest BCUT2D eigenvalue weighted by atomic mass is 9.94. The van der Waals surface area contributed by atoms with Crippen molar-refractivity contribution in [1.29, 1.82) is 0 Å². The lowest BCUT2D eigenvalue weighted by Gasteiger charge is -2.22. The lowest BCUT2D eigenvalue weighted by Crippen LogP contribution is -2.49. The van der Waals surface area contributed by atoms with Gasteiger partial charge in [0, 0.05) is 6.54 Å². The van der Waals surface area contributed by atoms with Crippen LogP contribution in [0.3, 0.4) is 0 Å². The summed E-state index contributed by atoms with van der Waals surface area (Å²) in [6.45, 7) is 0.968. The molecular weight excluding hydrogens is 310 g/mol. The number of nitrogens with two attached hydrogens (primary N) is 1. The monoisotopic (exact) mass is 329 g/mol. The predicted molar refractivity (Wildman–Crippen MR) is 75.2 cm³/mol. The quantitative estimate of drug-likeness (QED) is 0.364. The molecule has 1 saturated heterocycles. The Hall–Kier alpha value is -2.49. The van der Waals surface area contributed by atoms with E-state index in [1.165, 1.54) is 6.92 Å². The molecule has 0 aliphatic carbocycles. The van der Waals surface area contributed by atoms with Gasteiger partial charge in [0.1, 0.15) is 12.0 Å². The van der Waals surface area contributed by atoms with Crippen LogP contribution in [-0.2, 0) is 24.0 Å². The molecule has 0 radical (unpaired) electrons. The number of likely N-dealkylation sites (tertiary alicyclic amines) is 1. The largest absolute Gasteiger partial charge is 0.481 e. The van der Waals surface area contributed by atoms with E-state index in [1.807, 2.05) is 0 Å². The van der Waals surface area contributed by atoms with Crippen LogP contribution >= 0.6 is 0 Å².